The normalized spacial score (nSPS) is 10.2. The number of hydrogen-bond donors (Lipinski definition) is 4. The van der Waals surface area contributed by atoms with E-state index in [1.54, 1.807) is 24.3 Å². The number of nitrogens with one attached hydrogen (secondary N) is 4. The van der Waals surface area contributed by atoms with Crippen molar-refractivity contribution in [2.24, 2.45) is 0 Å². The fraction of sp³-hybridized carbons (Fsp3) is 0.211. The van der Waals surface area contributed by atoms with Crippen LogP contribution in [0.3, 0.4) is 0 Å². The van der Waals surface area contributed by atoms with Crippen LogP contribution in [0.15, 0.2) is 48.5 Å². The third kappa shape index (κ3) is 6.88. The van der Waals surface area contributed by atoms with E-state index in [2.05, 4.69) is 35.3 Å². The summed E-state index contributed by atoms with van der Waals surface area (Å²) >= 11 is 10.9. The maximum Gasteiger partial charge on any atom is 0.257 e. The molecule has 8 heteroatoms. The average Bonchev–Trinajstić information content (AvgIpc) is 2.65. The Morgan fingerprint density at radius 3 is 2.22 bits per heavy atom. The van der Waals surface area contributed by atoms with E-state index in [-0.39, 0.29) is 17.6 Å². The molecule has 0 aliphatic heterocycles. The van der Waals surface area contributed by atoms with Crippen molar-refractivity contribution in [3.8, 4) is 0 Å². The molecule has 0 aromatic heterocycles. The third-order valence-corrected chi connectivity index (χ3v) is 4.12. The molecule has 6 nitrogen and oxygen atoms in total. The second kappa shape index (κ2) is 9.89. The summed E-state index contributed by atoms with van der Waals surface area (Å²) in [5.41, 5.74) is 7.46. The summed E-state index contributed by atoms with van der Waals surface area (Å²) in [7, 11) is 0. The smallest absolute Gasteiger partial charge is 0.257 e. The van der Waals surface area contributed by atoms with Crippen molar-refractivity contribution in [3.63, 3.8) is 0 Å². The first kappa shape index (κ1) is 20.7. The van der Waals surface area contributed by atoms with Crippen LogP contribution in [0.25, 0.3) is 0 Å². The van der Waals surface area contributed by atoms with Crippen LogP contribution in [0.1, 0.15) is 35.7 Å². The molecule has 4 N–H and O–H groups in total. The van der Waals surface area contributed by atoms with Gasteiger partial charge in [-0.05, 0) is 60.1 Å². The number of hydrazine groups is 1. The van der Waals surface area contributed by atoms with Crippen molar-refractivity contribution in [1.29, 1.82) is 0 Å². The lowest BCUT2D eigenvalue weighted by atomic mass is 10.0. The highest BCUT2D eigenvalue weighted by atomic mass is 35.5. The first-order chi connectivity index (χ1) is 12.8. The van der Waals surface area contributed by atoms with Crippen molar-refractivity contribution in [3.05, 3.63) is 64.7 Å². The molecular weight excluding hydrogens is 384 g/mol. The maximum absolute atomic E-state index is 11.9. The minimum Gasteiger partial charge on any atom is -0.343 e. The maximum atomic E-state index is 11.9. The molecule has 0 aliphatic carbocycles. The van der Waals surface area contributed by atoms with Crippen molar-refractivity contribution < 1.29 is 9.59 Å². The van der Waals surface area contributed by atoms with Gasteiger partial charge in [0.15, 0.2) is 5.11 Å². The molecule has 0 fully saturated rings. The van der Waals surface area contributed by atoms with Gasteiger partial charge in [0, 0.05) is 16.3 Å². The Labute approximate surface area is 168 Å². The highest BCUT2D eigenvalue weighted by Crippen LogP contribution is 2.16. The van der Waals surface area contributed by atoms with Crippen molar-refractivity contribution >= 4 is 46.4 Å². The number of thiocarbonyl (C=S) groups is 1. The summed E-state index contributed by atoms with van der Waals surface area (Å²) < 4.78 is 0. The predicted molar refractivity (Wildman–Crippen MR) is 112 cm³/mol. The third-order valence-electron chi connectivity index (χ3n) is 3.67. The van der Waals surface area contributed by atoms with Crippen LogP contribution in [-0.2, 0) is 4.79 Å². The van der Waals surface area contributed by atoms with E-state index in [4.69, 9.17) is 23.8 Å². The van der Waals surface area contributed by atoms with Gasteiger partial charge in [-0.25, -0.2) is 0 Å². The Morgan fingerprint density at radius 2 is 1.63 bits per heavy atom. The van der Waals surface area contributed by atoms with Gasteiger partial charge in [0.25, 0.3) is 11.8 Å². The molecule has 2 rings (SSSR count). The van der Waals surface area contributed by atoms with E-state index >= 15 is 0 Å². The molecule has 0 unspecified atom stereocenters. The zero-order valence-electron chi connectivity index (χ0n) is 15.0. The zero-order valence-corrected chi connectivity index (χ0v) is 16.6. The summed E-state index contributed by atoms with van der Waals surface area (Å²) in [6, 6.07) is 14.2. The van der Waals surface area contributed by atoms with Crippen LogP contribution in [-0.4, -0.2) is 23.5 Å². The van der Waals surface area contributed by atoms with E-state index in [1.165, 1.54) is 5.56 Å². The van der Waals surface area contributed by atoms with E-state index in [1.807, 2.05) is 24.3 Å². The summed E-state index contributed by atoms with van der Waals surface area (Å²) in [5, 5.41) is 6.25. The van der Waals surface area contributed by atoms with Crippen LogP contribution in [0.2, 0.25) is 5.02 Å². The van der Waals surface area contributed by atoms with Crippen molar-refractivity contribution in [1.82, 2.24) is 16.2 Å². The van der Waals surface area contributed by atoms with Crippen LogP contribution in [0.4, 0.5) is 5.69 Å². The van der Waals surface area contributed by atoms with Gasteiger partial charge in [-0.1, -0.05) is 37.6 Å². The van der Waals surface area contributed by atoms with Crippen molar-refractivity contribution in [2.75, 3.05) is 11.9 Å². The Hall–Kier alpha value is -2.64. The van der Waals surface area contributed by atoms with Crippen LogP contribution < -0.4 is 21.5 Å². The van der Waals surface area contributed by atoms with Gasteiger partial charge in [-0.3, -0.25) is 20.4 Å². The molecule has 2 aromatic carbocycles. The molecule has 0 bridgehead atoms. The second-order valence-corrected chi connectivity index (χ2v) is 6.94. The lowest BCUT2D eigenvalue weighted by Crippen LogP contribution is -2.47. The first-order valence-corrected chi connectivity index (χ1v) is 9.13. The highest BCUT2D eigenvalue weighted by molar-refractivity contribution is 7.80. The van der Waals surface area contributed by atoms with E-state index < -0.39 is 5.91 Å². The van der Waals surface area contributed by atoms with Crippen molar-refractivity contribution in [2.45, 2.75) is 19.8 Å². The predicted octanol–water partition coefficient (Wildman–Crippen LogP) is 3.21. The quantitative estimate of drug-likeness (QED) is 0.454. The van der Waals surface area contributed by atoms with E-state index in [0.29, 0.717) is 16.5 Å². The fourth-order valence-electron chi connectivity index (χ4n) is 2.15. The summed E-state index contributed by atoms with van der Waals surface area (Å²) in [4.78, 5) is 23.7. The standard InChI is InChI=1S/C19H21ClN4O2S/c1-12(2)13-5-9-16(10-6-13)22-19(27)24-23-17(25)11-21-18(26)14-3-7-15(20)8-4-14/h3-10,12H,11H2,1-2H3,(H,21,26)(H,23,25)(H2,22,24,27). The van der Waals surface area contributed by atoms with Gasteiger partial charge in [-0.2, -0.15) is 0 Å². The molecule has 0 heterocycles. The average molecular weight is 405 g/mol. The van der Waals surface area contributed by atoms with E-state index in [9.17, 15) is 9.59 Å². The summed E-state index contributed by atoms with van der Waals surface area (Å²) in [6.07, 6.45) is 0. The molecule has 0 atom stereocenters. The molecule has 27 heavy (non-hydrogen) atoms. The van der Waals surface area contributed by atoms with Crippen LogP contribution in [0.5, 0.6) is 0 Å². The number of carbonyl (C=O) groups is 2. The molecule has 0 spiro atoms. The van der Waals surface area contributed by atoms with E-state index in [0.717, 1.165) is 5.69 Å². The van der Waals surface area contributed by atoms with Gasteiger partial charge in [0.05, 0.1) is 6.54 Å². The summed E-state index contributed by atoms with van der Waals surface area (Å²) in [6.45, 7) is 4.05. The number of anilines is 1. The van der Waals surface area contributed by atoms with Gasteiger partial charge in [-0.15, -0.1) is 0 Å². The van der Waals surface area contributed by atoms with Gasteiger partial charge in [0.1, 0.15) is 0 Å². The van der Waals surface area contributed by atoms with Gasteiger partial charge in [0.2, 0.25) is 0 Å². The Morgan fingerprint density at radius 1 is 1.00 bits per heavy atom. The first-order valence-electron chi connectivity index (χ1n) is 8.34. The summed E-state index contributed by atoms with van der Waals surface area (Å²) in [5.74, 6) is -0.351. The Bertz CT molecular complexity index is 807. The Balaban J connectivity index is 1.72. The number of halogens is 1. The molecule has 0 saturated heterocycles. The largest absolute Gasteiger partial charge is 0.343 e. The number of amides is 2. The minimum absolute atomic E-state index is 0.194. The highest BCUT2D eigenvalue weighted by Gasteiger charge is 2.08. The lowest BCUT2D eigenvalue weighted by molar-refractivity contribution is -0.120. The second-order valence-electron chi connectivity index (χ2n) is 6.09. The molecule has 0 saturated carbocycles. The van der Waals surface area contributed by atoms with Gasteiger partial charge < -0.3 is 10.6 Å². The fourth-order valence-corrected chi connectivity index (χ4v) is 2.44. The monoisotopic (exact) mass is 404 g/mol. The molecule has 142 valence electrons. The molecule has 2 amide bonds. The number of hydrogen-bond acceptors (Lipinski definition) is 3. The van der Waals surface area contributed by atoms with Crippen LogP contribution in [0, 0.1) is 0 Å². The molecule has 0 aliphatic rings. The molecule has 2 aromatic rings. The lowest BCUT2D eigenvalue weighted by Gasteiger charge is -2.13. The zero-order chi connectivity index (χ0) is 19.8. The topological polar surface area (TPSA) is 82.3 Å². The van der Waals surface area contributed by atoms with Gasteiger partial charge >= 0.3 is 0 Å². The molecule has 0 radical (unpaired) electrons. The number of benzene rings is 2. The molecular formula is C19H21ClN4O2S. The van der Waals surface area contributed by atoms with Crippen LogP contribution >= 0.6 is 23.8 Å². The number of rotatable bonds is 5. The Kier molecular flexibility index (Phi) is 7.57. The minimum atomic E-state index is -0.434. The number of carbonyl (C=O) groups excluding carboxylic acids is 2. The SMILES string of the molecule is CC(C)c1ccc(NC(=S)NNC(=O)CNC(=O)c2ccc(Cl)cc2)cc1.